The zero-order chi connectivity index (χ0) is 33.5. The highest BCUT2D eigenvalue weighted by atomic mass is 15.2. The second-order valence-corrected chi connectivity index (χ2v) is 16.8. The van der Waals surface area contributed by atoms with Gasteiger partial charge in [-0.2, -0.15) is 0 Å². The molecule has 1 nitrogen and oxygen atoms in total. The van der Waals surface area contributed by atoms with Crippen LogP contribution in [0.5, 0.6) is 0 Å². The van der Waals surface area contributed by atoms with Crippen LogP contribution in [0.3, 0.4) is 0 Å². The highest BCUT2D eigenvalue weighted by Crippen LogP contribution is 2.56. The van der Waals surface area contributed by atoms with E-state index in [2.05, 4.69) is 180 Å². The molecular formula is C47H42BN. The second-order valence-electron chi connectivity index (χ2n) is 16.8. The zero-order valence-corrected chi connectivity index (χ0v) is 29.4. The molecule has 4 aliphatic rings. The van der Waals surface area contributed by atoms with Gasteiger partial charge < -0.3 is 4.90 Å². The third-order valence-corrected chi connectivity index (χ3v) is 12.8. The summed E-state index contributed by atoms with van der Waals surface area (Å²) in [5.41, 5.74) is 19.2. The normalized spacial score (nSPS) is 18.9. The van der Waals surface area contributed by atoms with E-state index in [-0.39, 0.29) is 23.0 Å². The van der Waals surface area contributed by atoms with Crippen LogP contribution in [0, 0.1) is 0 Å². The molecule has 0 saturated carbocycles. The summed E-state index contributed by atoms with van der Waals surface area (Å²) in [6, 6.07) is 51.4. The maximum absolute atomic E-state index is 2.67. The Hall–Kier alpha value is -4.82. The number of nitrogens with zero attached hydrogens (tertiary/aromatic N) is 1. The number of hydrogen-bond donors (Lipinski definition) is 0. The molecule has 0 radical (unpaired) electrons. The van der Waals surface area contributed by atoms with Gasteiger partial charge in [-0.15, -0.1) is 0 Å². The first-order chi connectivity index (χ1) is 23.6. The highest BCUT2D eigenvalue weighted by Gasteiger charge is 2.55. The molecule has 0 amide bonds. The van der Waals surface area contributed by atoms with Gasteiger partial charge in [-0.25, -0.2) is 0 Å². The van der Waals surface area contributed by atoms with E-state index in [1.54, 1.807) is 0 Å². The van der Waals surface area contributed by atoms with Crippen molar-refractivity contribution in [3.63, 3.8) is 0 Å². The van der Waals surface area contributed by atoms with Crippen molar-refractivity contribution in [1.82, 2.24) is 0 Å². The Labute approximate surface area is 291 Å². The van der Waals surface area contributed by atoms with Crippen LogP contribution in [0.25, 0.3) is 0 Å². The summed E-state index contributed by atoms with van der Waals surface area (Å²) < 4.78 is 0. The Kier molecular flexibility index (Phi) is 5.62. The van der Waals surface area contributed by atoms with Gasteiger partial charge >= 0.3 is 0 Å². The number of rotatable bonds is 2. The van der Waals surface area contributed by atoms with Crippen molar-refractivity contribution in [3.8, 4) is 0 Å². The lowest BCUT2D eigenvalue weighted by Crippen LogP contribution is -2.66. The number of anilines is 3. The predicted molar refractivity (Wildman–Crippen MR) is 207 cm³/mol. The van der Waals surface area contributed by atoms with Gasteiger partial charge in [-0.1, -0.05) is 168 Å². The van der Waals surface area contributed by atoms with E-state index in [1.165, 1.54) is 78.0 Å². The number of fused-ring (bicyclic) bond motifs is 7. The first kappa shape index (κ1) is 29.1. The van der Waals surface area contributed by atoms with Crippen LogP contribution in [0.2, 0.25) is 0 Å². The fourth-order valence-corrected chi connectivity index (χ4v) is 11.0. The van der Waals surface area contributed by atoms with Crippen molar-refractivity contribution in [1.29, 1.82) is 0 Å². The molecule has 6 aromatic rings. The summed E-state index contributed by atoms with van der Waals surface area (Å²) in [6.07, 6.45) is 1.14. The molecule has 0 saturated heterocycles. The van der Waals surface area contributed by atoms with Gasteiger partial charge in [0.1, 0.15) is 0 Å². The average molecular weight is 632 g/mol. The average Bonchev–Trinajstić information content (AvgIpc) is 3.29. The van der Waals surface area contributed by atoms with Gasteiger partial charge in [0.25, 0.3) is 0 Å². The standard InChI is InChI=1S/C47H42BN/c1-44(2)29-45(3,4)36-28-39-37(27-35(36)44)47(30-17-9-7-10-18-30,31-19-11-8-12-20-31)33-22-16-26-41-42(33)48(39)38-24-15-23-34-43(38)49(41)40-25-14-13-21-32(40)46(34,5)6/h7-28H,29H2,1-6H3. The molecule has 6 aromatic carbocycles. The zero-order valence-electron chi connectivity index (χ0n) is 29.4. The van der Waals surface area contributed by atoms with Gasteiger partial charge in [-0.05, 0) is 84.8 Å². The largest absolute Gasteiger partial charge is 0.311 e. The molecule has 1 aliphatic carbocycles. The third-order valence-electron chi connectivity index (χ3n) is 12.8. The van der Waals surface area contributed by atoms with Crippen LogP contribution in [-0.4, -0.2) is 6.71 Å². The Morgan fingerprint density at radius 1 is 0.469 bits per heavy atom. The summed E-state index contributed by atoms with van der Waals surface area (Å²) in [7, 11) is 0. The van der Waals surface area contributed by atoms with E-state index in [0.29, 0.717) is 0 Å². The fraction of sp³-hybridized carbons (Fsp3) is 0.234. The molecule has 0 spiro atoms. The minimum Gasteiger partial charge on any atom is -0.311 e. The summed E-state index contributed by atoms with van der Waals surface area (Å²) in [6.45, 7) is 14.8. The Morgan fingerprint density at radius 2 is 1.02 bits per heavy atom. The quantitative estimate of drug-likeness (QED) is 0.172. The summed E-state index contributed by atoms with van der Waals surface area (Å²) in [5.74, 6) is 0. The lowest BCUT2D eigenvalue weighted by atomic mass is 9.28. The monoisotopic (exact) mass is 631 g/mol. The molecular weight excluding hydrogens is 589 g/mol. The minimum atomic E-state index is -0.485. The Bertz CT molecular complexity index is 2310. The van der Waals surface area contributed by atoms with Crippen molar-refractivity contribution < 1.29 is 0 Å². The number of hydrogen-bond acceptors (Lipinski definition) is 1. The molecule has 0 fully saturated rings. The van der Waals surface area contributed by atoms with Crippen LogP contribution in [-0.2, 0) is 21.7 Å². The van der Waals surface area contributed by atoms with Crippen LogP contribution in [0.4, 0.5) is 17.1 Å². The predicted octanol–water partition coefficient (Wildman–Crippen LogP) is 9.28. The molecule has 49 heavy (non-hydrogen) atoms. The first-order valence-corrected chi connectivity index (χ1v) is 18.0. The van der Waals surface area contributed by atoms with Gasteiger partial charge in [0.2, 0.25) is 6.71 Å². The first-order valence-electron chi connectivity index (χ1n) is 18.0. The molecule has 0 aromatic heterocycles. The molecule has 0 bridgehead atoms. The molecule has 238 valence electrons. The number of para-hydroxylation sites is 2. The molecule has 0 unspecified atom stereocenters. The van der Waals surface area contributed by atoms with Crippen molar-refractivity contribution >= 4 is 40.2 Å². The van der Waals surface area contributed by atoms with Crippen LogP contribution >= 0.6 is 0 Å². The van der Waals surface area contributed by atoms with E-state index in [4.69, 9.17) is 0 Å². The Morgan fingerprint density at radius 3 is 1.71 bits per heavy atom. The second kappa shape index (κ2) is 9.45. The minimum absolute atomic E-state index is 0.0815. The summed E-state index contributed by atoms with van der Waals surface area (Å²) in [5, 5.41) is 0. The van der Waals surface area contributed by atoms with E-state index >= 15 is 0 Å². The van der Waals surface area contributed by atoms with E-state index < -0.39 is 5.41 Å². The van der Waals surface area contributed by atoms with Crippen LogP contribution in [0.15, 0.2) is 133 Å². The molecule has 0 atom stereocenters. The number of benzene rings is 6. The lowest BCUT2D eigenvalue weighted by Gasteiger charge is -2.51. The van der Waals surface area contributed by atoms with Gasteiger partial charge in [0.15, 0.2) is 0 Å². The third kappa shape index (κ3) is 3.52. The molecule has 3 heterocycles. The van der Waals surface area contributed by atoms with E-state index in [0.717, 1.165) is 6.42 Å². The topological polar surface area (TPSA) is 3.24 Å². The van der Waals surface area contributed by atoms with Crippen molar-refractivity contribution in [2.24, 2.45) is 0 Å². The van der Waals surface area contributed by atoms with E-state index in [1.807, 2.05) is 0 Å². The molecule has 10 rings (SSSR count). The van der Waals surface area contributed by atoms with Gasteiger partial charge in [0, 0.05) is 16.8 Å². The van der Waals surface area contributed by atoms with Gasteiger partial charge in [-0.3, -0.25) is 0 Å². The van der Waals surface area contributed by atoms with Crippen molar-refractivity contribution in [2.75, 3.05) is 4.90 Å². The molecule has 3 aliphatic heterocycles. The fourth-order valence-electron chi connectivity index (χ4n) is 11.0. The van der Waals surface area contributed by atoms with E-state index in [9.17, 15) is 0 Å². The van der Waals surface area contributed by atoms with Crippen molar-refractivity contribution in [3.05, 3.63) is 178 Å². The maximum Gasteiger partial charge on any atom is 0.247 e. The highest BCUT2D eigenvalue weighted by molar-refractivity contribution is 6.99. The summed E-state index contributed by atoms with van der Waals surface area (Å²) >= 11 is 0. The van der Waals surface area contributed by atoms with Gasteiger partial charge in [0.05, 0.1) is 11.1 Å². The van der Waals surface area contributed by atoms with Crippen LogP contribution in [0.1, 0.15) is 92.5 Å². The Balaban J connectivity index is 1.42. The van der Waals surface area contributed by atoms with Crippen molar-refractivity contribution in [2.45, 2.75) is 69.6 Å². The smallest absolute Gasteiger partial charge is 0.247 e. The lowest BCUT2D eigenvalue weighted by molar-refractivity contribution is 0.403. The summed E-state index contributed by atoms with van der Waals surface area (Å²) in [4.78, 5) is 2.62. The molecule has 2 heteroatoms. The SMILES string of the molecule is CC1(C)CC(C)(C)c2cc3c(cc21)B1c2cccc4c2N(c2ccccc2C4(C)C)c2cccc(c21)C3(c1ccccc1)c1ccccc1. The molecule has 0 N–H and O–H groups in total. The van der Waals surface area contributed by atoms with Crippen LogP contribution < -0.4 is 21.3 Å². The maximum atomic E-state index is 2.67.